The molecule has 0 radical (unpaired) electrons. The van der Waals surface area contributed by atoms with Crippen LogP contribution >= 0.6 is 0 Å². The molecule has 1 fully saturated rings. The summed E-state index contributed by atoms with van der Waals surface area (Å²) in [5.74, 6) is -1.26. The van der Waals surface area contributed by atoms with Gasteiger partial charge in [-0.1, -0.05) is 6.07 Å². The van der Waals surface area contributed by atoms with Crippen LogP contribution in [0.3, 0.4) is 0 Å². The second kappa shape index (κ2) is 6.29. The highest BCUT2D eigenvalue weighted by atomic mass is 19.4. The van der Waals surface area contributed by atoms with Crippen molar-refractivity contribution in [3.8, 4) is 0 Å². The van der Waals surface area contributed by atoms with E-state index in [0.717, 1.165) is 18.7 Å². The van der Waals surface area contributed by atoms with Crippen LogP contribution in [0.15, 0.2) is 18.2 Å². The van der Waals surface area contributed by atoms with Gasteiger partial charge < -0.3 is 15.0 Å². The number of morpholine rings is 1. The van der Waals surface area contributed by atoms with Gasteiger partial charge in [-0.25, -0.2) is 4.39 Å². The van der Waals surface area contributed by atoms with Gasteiger partial charge in [0.1, 0.15) is 5.82 Å². The lowest BCUT2D eigenvalue weighted by Gasteiger charge is -2.35. The smallest absolute Gasteiger partial charge is 0.374 e. The van der Waals surface area contributed by atoms with E-state index in [0.29, 0.717) is 18.7 Å². The fourth-order valence-corrected chi connectivity index (χ4v) is 2.53. The van der Waals surface area contributed by atoms with E-state index in [9.17, 15) is 17.6 Å². The van der Waals surface area contributed by atoms with Crippen LogP contribution in [-0.4, -0.2) is 44.8 Å². The van der Waals surface area contributed by atoms with Gasteiger partial charge in [0.25, 0.3) is 0 Å². The summed E-state index contributed by atoms with van der Waals surface area (Å²) >= 11 is 0. The molecule has 118 valence electrons. The van der Waals surface area contributed by atoms with Gasteiger partial charge in [-0.15, -0.1) is 0 Å². The van der Waals surface area contributed by atoms with E-state index >= 15 is 0 Å². The molecule has 1 aliphatic heterocycles. The lowest BCUT2D eigenvalue weighted by molar-refractivity contribution is -0.140. The Morgan fingerprint density at radius 3 is 2.62 bits per heavy atom. The molecule has 2 unspecified atom stereocenters. The number of ether oxygens (including phenoxy) is 1. The topological polar surface area (TPSA) is 24.5 Å². The van der Waals surface area contributed by atoms with Gasteiger partial charge in [-0.2, -0.15) is 13.2 Å². The number of rotatable bonds is 3. The molecule has 0 spiro atoms. The number of benzene rings is 1. The molecular formula is C14H18F4N2O. The average Bonchev–Trinajstić information content (AvgIpc) is 2.38. The third kappa shape index (κ3) is 3.72. The third-order valence-electron chi connectivity index (χ3n) is 3.64. The lowest BCUT2D eigenvalue weighted by Crippen LogP contribution is -2.46. The van der Waals surface area contributed by atoms with Crippen molar-refractivity contribution in [3.63, 3.8) is 0 Å². The van der Waals surface area contributed by atoms with Crippen LogP contribution in [0.5, 0.6) is 0 Å². The van der Waals surface area contributed by atoms with Crippen LogP contribution < -0.4 is 5.32 Å². The van der Waals surface area contributed by atoms with Crippen molar-refractivity contribution in [2.24, 2.45) is 0 Å². The molecule has 1 heterocycles. The summed E-state index contributed by atoms with van der Waals surface area (Å²) in [5, 5.41) is 2.99. The molecule has 2 rings (SSSR count). The SMILES string of the molecule is CNC(c1ccc(C(F)(F)F)c(F)c1)C1CN(C)CCO1. The molecule has 7 heteroatoms. The molecule has 1 N–H and O–H groups in total. The van der Waals surface area contributed by atoms with E-state index < -0.39 is 17.6 Å². The zero-order chi connectivity index (χ0) is 15.6. The van der Waals surface area contributed by atoms with E-state index in [4.69, 9.17) is 4.74 Å². The molecule has 21 heavy (non-hydrogen) atoms. The molecular weight excluding hydrogens is 288 g/mol. The van der Waals surface area contributed by atoms with E-state index in [1.165, 1.54) is 6.07 Å². The highest BCUT2D eigenvalue weighted by Gasteiger charge is 2.35. The fraction of sp³-hybridized carbons (Fsp3) is 0.571. The number of hydrogen-bond acceptors (Lipinski definition) is 3. The van der Waals surface area contributed by atoms with Crippen LogP contribution in [0.2, 0.25) is 0 Å². The highest BCUT2D eigenvalue weighted by Crippen LogP contribution is 2.33. The molecule has 1 aliphatic rings. The number of nitrogens with one attached hydrogen (secondary N) is 1. The molecule has 0 aromatic heterocycles. The van der Waals surface area contributed by atoms with Crippen LogP contribution in [0.25, 0.3) is 0 Å². The third-order valence-corrected chi connectivity index (χ3v) is 3.64. The molecule has 0 aliphatic carbocycles. The van der Waals surface area contributed by atoms with Gasteiger partial charge in [0.15, 0.2) is 0 Å². The largest absolute Gasteiger partial charge is 0.419 e. The number of likely N-dealkylation sites (N-methyl/N-ethyl adjacent to an activating group) is 2. The Bertz CT molecular complexity index is 492. The quantitative estimate of drug-likeness (QED) is 0.868. The molecule has 1 saturated heterocycles. The Hall–Kier alpha value is -1.18. The Kier molecular flexibility index (Phi) is 4.85. The summed E-state index contributed by atoms with van der Waals surface area (Å²) in [6.07, 6.45) is -4.91. The van der Waals surface area contributed by atoms with Crippen molar-refractivity contribution in [2.45, 2.75) is 18.3 Å². The second-order valence-corrected chi connectivity index (χ2v) is 5.17. The van der Waals surface area contributed by atoms with Gasteiger partial charge in [0.05, 0.1) is 24.3 Å². The summed E-state index contributed by atoms with van der Waals surface area (Å²) in [7, 11) is 3.62. The maximum Gasteiger partial charge on any atom is 0.419 e. The van der Waals surface area contributed by atoms with Gasteiger partial charge >= 0.3 is 6.18 Å². The Labute approximate surface area is 120 Å². The van der Waals surface area contributed by atoms with Crippen molar-refractivity contribution >= 4 is 0 Å². The highest BCUT2D eigenvalue weighted by molar-refractivity contribution is 5.29. The summed E-state index contributed by atoms with van der Waals surface area (Å²) in [6.45, 7) is 1.98. The van der Waals surface area contributed by atoms with Crippen molar-refractivity contribution < 1.29 is 22.3 Å². The maximum atomic E-state index is 13.7. The fourth-order valence-electron chi connectivity index (χ4n) is 2.53. The van der Waals surface area contributed by atoms with Gasteiger partial charge in [-0.3, -0.25) is 0 Å². The van der Waals surface area contributed by atoms with Crippen LogP contribution in [0.4, 0.5) is 17.6 Å². The minimum Gasteiger partial charge on any atom is -0.374 e. The van der Waals surface area contributed by atoms with Crippen LogP contribution in [-0.2, 0) is 10.9 Å². The number of nitrogens with zero attached hydrogens (tertiary/aromatic N) is 1. The Balaban J connectivity index is 2.24. The maximum absolute atomic E-state index is 13.7. The first-order valence-electron chi connectivity index (χ1n) is 6.67. The van der Waals surface area contributed by atoms with Gasteiger partial charge in [-0.05, 0) is 31.8 Å². The average molecular weight is 306 g/mol. The van der Waals surface area contributed by atoms with Crippen molar-refractivity contribution in [1.29, 1.82) is 0 Å². The second-order valence-electron chi connectivity index (χ2n) is 5.17. The van der Waals surface area contributed by atoms with Gasteiger partial charge in [0.2, 0.25) is 0 Å². The molecule has 1 aromatic carbocycles. The minimum absolute atomic E-state index is 0.232. The van der Waals surface area contributed by atoms with E-state index in [-0.39, 0.29) is 12.1 Å². The zero-order valence-electron chi connectivity index (χ0n) is 11.9. The first-order chi connectivity index (χ1) is 9.82. The van der Waals surface area contributed by atoms with E-state index in [1.54, 1.807) is 7.05 Å². The monoisotopic (exact) mass is 306 g/mol. The molecule has 1 aromatic rings. The molecule has 0 bridgehead atoms. The molecule has 0 saturated carbocycles. The summed E-state index contributed by atoms with van der Waals surface area (Å²) in [5.41, 5.74) is -0.800. The standard InChI is InChI=1S/C14H18F4N2O/c1-19-13(12-8-20(2)5-6-21-12)9-3-4-10(11(15)7-9)14(16,17)18/h3-4,7,12-13,19H,5-6,8H2,1-2H3. The Morgan fingerprint density at radius 2 is 2.10 bits per heavy atom. The number of halogens is 4. The predicted molar refractivity (Wildman–Crippen MR) is 70.4 cm³/mol. The molecule has 3 nitrogen and oxygen atoms in total. The molecule has 2 atom stereocenters. The van der Waals surface area contributed by atoms with Crippen molar-refractivity contribution in [3.05, 3.63) is 35.1 Å². The predicted octanol–water partition coefficient (Wildman–Crippen LogP) is 2.44. The lowest BCUT2D eigenvalue weighted by atomic mass is 9.98. The first-order valence-corrected chi connectivity index (χ1v) is 6.67. The van der Waals surface area contributed by atoms with Crippen LogP contribution in [0, 0.1) is 5.82 Å². The van der Waals surface area contributed by atoms with Crippen molar-refractivity contribution in [1.82, 2.24) is 10.2 Å². The Morgan fingerprint density at radius 1 is 1.38 bits per heavy atom. The zero-order valence-corrected chi connectivity index (χ0v) is 11.9. The summed E-state index contributed by atoms with van der Waals surface area (Å²) in [4.78, 5) is 2.07. The van der Waals surface area contributed by atoms with Crippen LogP contribution in [0.1, 0.15) is 17.2 Å². The van der Waals surface area contributed by atoms with Gasteiger partial charge in [0, 0.05) is 13.1 Å². The first kappa shape index (κ1) is 16.2. The van der Waals surface area contributed by atoms with E-state index in [2.05, 4.69) is 10.2 Å². The number of alkyl halides is 3. The normalized spacial score (nSPS) is 22.3. The molecule has 0 amide bonds. The number of hydrogen-bond donors (Lipinski definition) is 1. The summed E-state index contributed by atoms with van der Waals surface area (Å²) < 4.78 is 57.1. The minimum atomic E-state index is -4.68. The van der Waals surface area contributed by atoms with E-state index in [1.807, 2.05) is 7.05 Å². The summed E-state index contributed by atoms with van der Waals surface area (Å²) in [6, 6.07) is 2.65. The van der Waals surface area contributed by atoms with Crippen molar-refractivity contribution in [2.75, 3.05) is 33.8 Å².